The first-order chi connectivity index (χ1) is 15.0. The number of rotatable bonds is 6. The minimum absolute atomic E-state index is 0.117. The van der Waals surface area contributed by atoms with Gasteiger partial charge < -0.3 is 16.0 Å². The summed E-state index contributed by atoms with van der Waals surface area (Å²) >= 11 is 0. The number of hydrogen-bond acceptors (Lipinski definition) is 5. The predicted octanol–water partition coefficient (Wildman–Crippen LogP) is 3.26. The fraction of sp³-hybridized carbons (Fsp3) is 0.375. The molecule has 4 rings (SSSR count). The van der Waals surface area contributed by atoms with Crippen LogP contribution < -0.4 is 16.0 Å². The van der Waals surface area contributed by atoms with Gasteiger partial charge in [-0.15, -0.1) is 10.2 Å². The van der Waals surface area contributed by atoms with Crippen LogP contribution in [-0.2, 0) is 13.1 Å². The van der Waals surface area contributed by atoms with Gasteiger partial charge in [-0.25, -0.2) is 0 Å². The van der Waals surface area contributed by atoms with E-state index in [1.165, 1.54) is 5.57 Å². The highest BCUT2D eigenvalue weighted by Gasteiger charge is 2.25. The molecular formula is C24H30N6O. The Kier molecular flexibility index (Phi) is 6.32. The number of anilines is 1. The number of aromatic nitrogens is 3. The fourth-order valence-corrected chi connectivity index (χ4v) is 4.03. The van der Waals surface area contributed by atoms with Gasteiger partial charge in [0.25, 0.3) is 5.91 Å². The third-order valence-electron chi connectivity index (χ3n) is 5.68. The molecule has 31 heavy (non-hydrogen) atoms. The van der Waals surface area contributed by atoms with Crippen LogP contribution in [0.4, 0.5) is 5.95 Å². The lowest BCUT2D eigenvalue weighted by Gasteiger charge is -2.31. The molecule has 2 heterocycles. The van der Waals surface area contributed by atoms with E-state index in [1.54, 1.807) is 0 Å². The highest BCUT2D eigenvalue weighted by molar-refractivity contribution is 5.92. The predicted molar refractivity (Wildman–Crippen MR) is 124 cm³/mol. The largest absolute Gasteiger partial charge is 0.345 e. The highest BCUT2D eigenvalue weighted by atomic mass is 16.2. The number of carbonyl (C=O) groups is 1. The molecule has 0 aliphatic carbocycles. The summed E-state index contributed by atoms with van der Waals surface area (Å²) in [5, 5.41) is 14.0. The normalized spacial score (nSPS) is 16.4. The maximum absolute atomic E-state index is 13.1. The van der Waals surface area contributed by atoms with Gasteiger partial charge in [0, 0.05) is 32.2 Å². The number of benzene rings is 2. The third-order valence-corrected chi connectivity index (χ3v) is 5.68. The number of fused-ring (bicyclic) bond motifs is 1. The van der Waals surface area contributed by atoms with E-state index in [1.807, 2.05) is 42.7 Å². The Morgan fingerprint density at radius 2 is 2.00 bits per heavy atom. The SMILES string of the molecule is CC(C)=CCn1c(C(=O)NCc2cccc3ccccc23)nnc1N1CCCC(N)C1. The van der Waals surface area contributed by atoms with Crippen molar-refractivity contribution in [2.45, 2.75) is 45.8 Å². The van der Waals surface area contributed by atoms with Crippen molar-refractivity contribution in [1.29, 1.82) is 0 Å². The van der Waals surface area contributed by atoms with E-state index >= 15 is 0 Å². The Morgan fingerprint density at radius 3 is 2.81 bits per heavy atom. The lowest BCUT2D eigenvalue weighted by atomic mass is 10.0. The molecule has 1 aliphatic heterocycles. The molecule has 2 aromatic carbocycles. The molecule has 1 saturated heterocycles. The van der Waals surface area contributed by atoms with Gasteiger partial charge >= 0.3 is 0 Å². The van der Waals surface area contributed by atoms with Gasteiger partial charge in [-0.3, -0.25) is 9.36 Å². The number of allylic oxidation sites excluding steroid dienone is 2. The number of nitrogens with two attached hydrogens (primary N) is 1. The second-order valence-electron chi connectivity index (χ2n) is 8.38. The van der Waals surface area contributed by atoms with Crippen LogP contribution in [-0.4, -0.2) is 39.8 Å². The number of nitrogens with one attached hydrogen (secondary N) is 1. The summed E-state index contributed by atoms with van der Waals surface area (Å²) in [7, 11) is 0. The lowest BCUT2D eigenvalue weighted by molar-refractivity contribution is 0.0936. The van der Waals surface area contributed by atoms with Crippen molar-refractivity contribution in [1.82, 2.24) is 20.1 Å². The van der Waals surface area contributed by atoms with E-state index in [0.717, 1.165) is 42.3 Å². The summed E-state index contributed by atoms with van der Waals surface area (Å²) in [5.74, 6) is 0.810. The number of nitrogens with zero attached hydrogens (tertiary/aromatic N) is 4. The monoisotopic (exact) mass is 418 g/mol. The maximum atomic E-state index is 13.1. The summed E-state index contributed by atoms with van der Waals surface area (Å²) in [5.41, 5.74) is 8.42. The van der Waals surface area contributed by atoms with Crippen molar-refractivity contribution < 1.29 is 4.79 Å². The Bertz CT molecular complexity index is 1090. The lowest BCUT2D eigenvalue weighted by Crippen LogP contribution is -2.44. The first-order valence-corrected chi connectivity index (χ1v) is 10.8. The van der Waals surface area contributed by atoms with Crippen LogP contribution in [0.15, 0.2) is 54.1 Å². The molecule has 1 atom stereocenters. The van der Waals surface area contributed by atoms with E-state index in [9.17, 15) is 4.79 Å². The average Bonchev–Trinajstić information content (AvgIpc) is 3.20. The highest BCUT2D eigenvalue weighted by Crippen LogP contribution is 2.21. The number of hydrogen-bond donors (Lipinski definition) is 2. The van der Waals surface area contributed by atoms with Crippen LogP contribution >= 0.6 is 0 Å². The van der Waals surface area contributed by atoms with E-state index in [0.29, 0.717) is 24.9 Å². The Labute approximate surface area is 182 Å². The van der Waals surface area contributed by atoms with E-state index in [2.05, 4.69) is 44.7 Å². The molecular weight excluding hydrogens is 388 g/mol. The van der Waals surface area contributed by atoms with Crippen LogP contribution in [0.5, 0.6) is 0 Å². The smallest absolute Gasteiger partial charge is 0.289 e. The number of carbonyl (C=O) groups excluding carboxylic acids is 1. The van der Waals surface area contributed by atoms with Crippen LogP contribution in [0.1, 0.15) is 42.9 Å². The van der Waals surface area contributed by atoms with Crippen LogP contribution in [0, 0.1) is 0 Å². The molecule has 7 heteroatoms. The molecule has 1 unspecified atom stereocenters. The summed E-state index contributed by atoms with van der Waals surface area (Å²) in [6, 6.07) is 14.4. The minimum atomic E-state index is -0.227. The molecule has 1 fully saturated rings. The van der Waals surface area contributed by atoms with Crippen molar-refractivity contribution >= 4 is 22.6 Å². The second kappa shape index (κ2) is 9.31. The molecule has 7 nitrogen and oxygen atoms in total. The van der Waals surface area contributed by atoms with Crippen molar-refractivity contribution in [3.05, 3.63) is 65.5 Å². The zero-order chi connectivity index (χ0) is 21.8. The van der Waals surface area contributed by atoms with Gasteiger partial charge in [-0.1, -0.05) is 54.1 Å². The van der Waals surface area contributed by atoms with Crippen LogP contribution in [0.3, 0.4) is 0 Å². The van der Waals surface area contributed by atoms with E-state index < -0.39 is 0 Å². The molecule has 0 saturated carbocycles. The summed E-state index contributed by atoms with van der Waals surface area (Å²) in [6.07, 6.45) is 4.11. The molecule has 3 aromatic rings. The molecule has 0 radical (unpaired) electrons. The molecule has 0 spiro atoms. The van der Waals surface area contributed by atoms with Crippen molar-refractivity contribution in [2.75, 3.05) is 18.0 Å². The molecule has 3 N–H and O–H groups in total. The standard InChI is InChI=1S/C24H30N6O/c1-17(2)12-14-30-22(27-28-24(30)29-13-6-10-20(25)16-29)23(31)26-15-19-9-5-8-18-7-3-4-11-21(18)19/h3-5,7-9,11-12,20H,6,10,13-16,25H2,1-2H3,(H,26,31). The van der Waals surface area contributed by atoms with E-state index in [-0.39, 0.29) is 11.9 Å². The summed E-state index contributed by atoms with van der Waals surface area (Å²) in [4.78, 5) is 15.2. The fourth-order valence-electron chi connectivity index (χ4n) is 4.03. The molecule has 0 bridgehead atoms. The zero-order valence-electron chi connectivity index (χ0n) is 18.2. The average molecular weight is 419 g/mol. The van der Waals surface area contributed by atoms with Crippen LogP contribution in [0.2, 0.25) is 0 Å². The summed E-state index contributed by atoms with van der Waals surface area (Å²) < 4.78 is 1.89. The van der Waals surface area contributed by atoms with Gasteiger partial charge in [-0.2, -0.15) is 0 Å². The number of amides is 1. The Morgan fingerprint density at radius 1 is 1.19 bits per heavy atom. The van der Waals surface area contributed by atoms with Crippen molar-refractivity contribution in [3.8, 4) is 0 Å². The van der Waals surface area contributed by atoms with Gasteiger partial charge in [0.2, 0.25) is 11.8 Å². The van der Waals surface area contributed by atoms with Gasteiger partial charge in [0.1, 0.15) is 0 Å². The first-order valence-electron chi connectivity index (χ1n) is 10.8. The minimum Gasteiger partial charge on any atom is -0.345 e. The third kappa shape index (κ3) is 4.77. The van der Waals surface area contributed by atoms with Crippen LogP contribution in [0.25, 0.3) is 10.8 Å². The van der Waals surface area contributed by atoms with Crippen molar-refractivity contribution in [3.63, 3.8) is 0 Å². The number of piperidine rings is 1. The van der Waals surface area contributed by atoms with Gasteiger partial charge in [0.15, 0.2) is 0 Å². The molecule has 1 amide bonds. The van der Waals surface area contributed by atoms with Gasteiger partial charge in [0.05, 0.1) is 0 Å². The maximum Gasteiger partial charge on any atom is 0.289 e. The zero-order valence-corrected chi connectivity index (χ0v) is 18.2. The molecule has 162 valence electrons. The van der Waals surface area contributed by atoms with Gasteiger partial charge in [-0.05, 0) is 43.0 Å². The Hall–Kier alpha value is -3.19. The molecule has 1 aliphatic rings. The van der Waals surface area contributed by atoms with Crippen molar-refractivity contribution in [2.24, 2.45) is 5.73 Å². The Balaban J connectivity index is 1.57. The summed E-state index contributed by atoms with van der Waals surface area (Å²) in [6.45, 7) is 6.66. The second-order valence-corrected chi connectivity index (χ2v) is 8.38. The topological polar surface area (TPSA) is 89.1 Å². The molecule has 1 aromatic heterocycles. The quantitative estimate of drug-likeness (QED) is 0.600. The van der Waals surface area contributed by atoms with E-state index in [4.69, 9.17) is 5.73 Å². The first kappa shape index (κ1) is 21.1.